The van der Waals surface area contributed by atoms with Crippen LogP contribution in [0.3, 0.4) is 0 Å². The number of phenolic OH excluding ortho intramolecular Hbond substituents is 1. The molecule has 1 heterocycles. The lowest BCUT2D eigenvalue weighted by Gasteiger charge is -2.26. The molecule has 0 spiro atoms. The lowest BCUT2D eigenvalue weighted by atomic mass is 9.94. The number of ether oxygens (including phenoxy) is 3. The number of fused-ring (bicyclic) bond motifs is 1. The van der Waals surface area contributed by atoms with Crippen molar-refractivity contribution in [2.24, 2.45) is 5.73 Å². The second-order valence-corrected chi connectivity index (χ2v) is 14.6. The largest absolute Gasteiger partial charge is 0.506 e. The number of aromatic amines is 1. The fourth-order valence-electron chi connectivity index (χ4n) is 6.91. The third-order valence-electron chi connectivity index (χ3n) is 10.2. The second-order valence-electron chi connectivity index (χ2n) is 14.2. The lowest BCUT2D eigenvalue weighted by molar-refractivity contribution is -0.132. The number of nitrogens with one attached hydrogen (secondary N) is 3. The van der Waals surface area contributed by atoms with E-state index in [2.05, 4.69) is 15.6 Å². The Morgan fingerprint density at radius 3 is 2.46 bits per heavy atom. The average Bonchev–Trinajstić information content (AvgIpc) is 3.21. The fourth-order valence-corrected chi connectivity index (χ4v) is 7.15. The number of hydrogen-bond donors (Lipinski definition) is 6. The van der Waals surface area contributed by atoms with Crippen LogP contribution in [0.25, 0.3) is 22.0 Å². The van der Waals surface area contributed by atoms with Crippen molar-refractivity contribution in [3.8, 4) is 28.4 Å². The van der Waals surface area contributed by atoms with E-state index in [-0.39, 0.29) is 90.2 Å². The first-order valence-electron chi connectivity index (χ1n) is 18.9. The maximum Gasteiger partial charge on any atom is 0.411 e. The summed E-state index contributed by atoms with van der Waals surface area (Å²) in [6, 6.07) is 25.0. The van der Waals surface area contributed by atoms with Gasteiger partial charge in [0.05, 0.1) is 29.4 Å². The zero-order valence-electron chi connectivity index (χ0n) is 32.7. The summed E-state index contributed by atoms with van der Waals surface area (Å²) in [4.78, 5) is 42.1. The summed E-state index contributed by atoms with van der Waals surface area (Å²) in [6.07, 6.45) is 2.04. The van der Waals surface area contributed by atoms with Gasteiger partial charge in [-0.05, 0) is 73.1 Å². The zero-order valence-corrected chi connectivity index (χ0v) is 35.1. The van der Waals surface area contributed by atoms with Crippen molar-refractivity contribution in [1.29, 1.82) is 0 Å². The predicted octanol–water partition coefficient (Wildman–Crippen LogP) is 7.13. The number of nitrogens with zero attached hydrogens (tertiary/aromatic N) is 1. The lowest BCUT2D eigenvalue weighted by Crippen LogP contribution is -2.33. The summed E-state index contributed by atoms with van der Waals surface area (Å²) in [5.41, 5.74) is 10.5. The van der Waals surface area contributed by atoms with Gasteiger partial charge >= 0.3 is 6.09 Å². The van der Waals surface area contributed by atoms with Crippen molar-refractivity contribution in [1.82, 2.24) is 15.2 Å². The van der Waals surface area contributed by atoms with Gasteiger partial charge in [-0.25, -0.2) is 4.79 Å². The Hall–Kier alpha value is -5.02. The van der Waals surface area contributed by atoms with E-state index in [1.165, 1.54) is 19.2 Å². The molecule has 16 heteroatoms. The third kappa shape index (κ3) is 12.3. The second kappa shape index (κ2) is 21.8. The van der Waals surface area contributed by atoms with E-state index < -0.39 is 12.2 Å². The molecule has 2 amide bonds. The quantitative estimate of drug-likeness (QED) is 0.0632. The van der Waals surface area contributed by atoms with Gasteiger partial charge in [-0.15, -0.1) is 24.8 Å². The van der Waals surface area contributed by atoms with Crippen molar-refractivity contribution in [2.45, 2.75) is 56.9 Å². The minimum absolute atomic E-state index is 0. The van der Waals surface area contributed by atoms with E-state index in [0.29, 0.717) is 40.9 Å². The van der Waals surface area contributed by atoms with E-state index in [0.717, 1.165) is 42.4 Å². The number of aromatic nitrogens is 1. The Labute approximate surface area is 360 Å². The Morgan fingerprint density at radius 2 is 1.73 bits per heavy atom. The number of aliphatic hydroxyl groups excluding tert-OH is 1. The molecular weight excluding hydrogens is 821 g/mol. The van der Waals surface area contributed by atoms with Gasteiger partial charge in [-0.2, -0.15) is 0 Å². The molecule has 13 nitrogen and oxygen atoms in total. The monoisotopic (exact) mass is 869 g/mol. The van der Waals surface area contributed by atoms with Crippen molar-refractivity contribution < 1.29 is 34.0 Å². The third-order valence-corrected chi connectivity index (χ3v) is 10.5. The highest BCUT2D eigenvalue weighted by atomic mass is 35.5. The van der Waals surface area contributed by atoms with Crippen LogP contribution >= 0.6 is 36.4 Å². The number of hydrogen-bond acceptors (Lipinski definition) is 10. The summed E-state index contributed by atoms with van der Waals surface area (Å²) in [7, 11) is 3.21. The number of aliphatic hydroxyl groups is 1. The molecule has 0 aliphatic heterocycles. The average molecular weight is 871 g/mol. The first kappa shape index (κ1) is 46.7. The Morgan fingerprint density at radius 1 is 0.983 bits per heavy atom. The highest BCUT2D eigenvalue weighted by molar-refractivity contribution is 6.32. The summed E-state index contributed by atoms with van der Waals surface area (Å²) in [5, 5.41) is 28.1. The fraction of sp³-hybridized carbons (Fsp3) is 0.326. The number of carbonyl (C=O) groups is 2. The molecular formula is C43H50Cl3N5O8. The highest BCUT2D eigenvalue weighted by Gasteiger charge is 2.23. The van der Waals surface area contributed by atoms with Crippen LogP contribution < -0.4 is 31.4 Å². The van der Waals surface area contributed by atoms with Gasteiger partial charge in [0.15, 0.2) is 6.61 Å². The molecule has 0 radical (unpaired) electrons. The SMILES string of the molecule is COc1cc(OCC(=O)N(C)CCc2ccc(-c3ccccc3)c(NC(=O)OC3CCC(N)CC3)c2)c(Cl)cc1CNC[C@H](O)c1ccc(O)c2[nH]c(=O)ccc12.Cl.Cl. The Balaban J connectivity index is 0.00000384. The van der Waals surface area contributed by atoms with Crippen LogP contribution in [-0.2, 0) is 22.5 Å². The van der Waals surface area contributed by atoms with Crippen LogP contribution in [0.1, 0.15) is 48.5 Å². The van der Waals surface area contributed by atoms with Crippen LogP contribution in [0.4, 0.5) is 10.5 Å². The molecule has 1 fully saturated rings. The molecule has 0 saturated heterocycles. The smallest absolute Gasteiger partial charge is 0.411 e. The molecule has 5 aromatic rings. The number of methoxy groups -OCH3 is 1. The predicted molar refractivity (Wildman–Crippen MR) is 234 cm³/mol. The summed E-state index contributed by atoms with van der Waals surface area (Å²) < 4.78 is 17.2. The number of halogens is 3. The van der Waals surface area contributed by atoms with E-state index >= 15 is 0 Å². The summed E-state index contributed by atoms with van der Waals surface area (Å²) in [6.45, 7) is 0.573. The topological polar surface area (TPSA) is 188 Å². The number of nitrogens with two attached hydrogens (primary N) is 1. The first-order valence-corrected chi connectivity index (χ1v) is 19.2. The summed E-state index contributed by atoms with van der Waals surface area (Å²) in [5.74, 6) is 0.403. The molecule has 1 aliphatic carbocycles. The number of aromatic hydroxyl groups is 1. The van der Waals surface area contributed by atoms with Gasteiger partial charge in [-0.1, -0.05) is 60.1 Å². The normalized spacial score (nSPS) is 15.3. The number of pyridine rings is 1. The van der Waals surface area contributed by atoms with Crippen LogP contribution in [0.15, 0.2) is 89.7 Å². The van der Waals surface area contributed by atoms with Gasteiger partial charge < -0.3 is 45.4 Å². The van der Waals surface area contributed by atoms with Gasteiger partial charge in [0, 0.05) is 61.4 Å². The number of likely N-dealkylation sites (N-methyl/N-ethyl adjacent to an activating group) is 1. The van der Waals surface area contributed by atoms with E-state index in [4.69, 9.17) is 31.5 Å². The van der Waals surface area contributed by atoms with Crippen LogP contribution in [-0.4, -0.2) is 78.1 Å². The van der Waals surface area contributed by atoms with E-state index in [9.17, 15) is 24.6 Å². The Bertz CT molecular complexity index is 2250. The summed E-state index contributed by atoms with van der Waals surface area (Å²) >= 11 is 6.58. The number of phenols is 1. The molecule has 6 rings (SSSR count). The first-order chi connectivity index (χ1) is 27.5. The van der Waals surface area contributed by atoms with E-state index in [1.807, 2.05) is 48.5 Å². The van der Waals surface area contributed by atoms with E-state index in [1.54, 1.807) is 36.2 Å². The number of anilines is 1. The molecule has 1 atom stereocenters. The van der Waals surface area contributed by atoms with Crippen LogP contribution in [0.5, 0.6) is 17.2 Å². The van der Waals surface area contributed by atoms with Crippen molar-refractivity contribution in [2.75, 3.05) is 39.2 Å². The van der Waals surface area contributed by atoms with Gasteiger partial charge in [0.2, 0.25) is 5.56 Å². The van der Waals surface area contributed by atoms with Gasteiger partial charge in [0.1, 0.15) is 23.4 Å². The number of H-pyrrole nitrogens is 1. The van der Waals surface area contributed by atoms with Crippen molar-refractivity contribution in [3.05, 3.63) is 117 Å². The minimum atomic E-state index is -0.950. The Kier molecular flexibility index (Phi) is 17.3. The molecule has 1 aliphatic rings. The standard InChI is InChI=1S/C43H48ClN5O8.2ClH/c1-49(19-18-26-8-13-31(27-6-4-3-5-7-27)35(20-26)47-43(54)57-30-11-9-29(45)10-12-30)41(53)25-56-39-22-38(55-2)28(21-34(39)44)23-46-24-37(51)32-14-16-36(50)42-33(32)15-17-40(52)48-42;;/h3-8,13-17,20-22,29-30,37,46,50-51H,9-12,18-19,23-25,45H2,1-2H3,(H,47,54)(H,48,52);2*1H/t29?,30?,37-;;/m0../s1. The van der Waals surface area contributed by atoms with Gasteiger partial charge in [0.25, 0.3) is 5.91 Å². The molecule has 0 bridgehead atoms. The molecule has 59 heavy (non-hydrogen) atoms. The highest BCUT2D eigenvalue weighted by Crippen LogP contribution is 2.34. The molecule has 1 saturated carbocycles. The molecule has 7 N–H and O–H groups in total. The maximum atomic E-state index is 13.2. The van der Waals surface area contributed by atoms with Crippen molar-refractivity contribution >= 4 is 65.0 Å². The maximum absolute atomic E-state index is 13.2. The number of carbonyl (C=O) groups excluding carboxylic acids is 2. The number of rotatable bonds is 15. The zero-order chi connectivity index (χ0) is 40.5. The molecule has 1 aromatic heterocycles. The molecule has 4 aromatic carbocycles. The van der Waals surface area contributed by atoms with Crippen molar-refractivity contribution in [3.63, 3.8) is 0 Å². The molecule has 316 valence electrons. The number of amides is 2. The van der Waals surface area contributed by atoms with Gasteiger partial charge in [-0.3, -0.25) is 14.9 Å². The molecule has 0 unspecified atom stereocenters. The minimum Gasteiger partial charge on any atom is -0.506 e. The van der Waals surface area contributed by atoms with Crippen LogP contribution in [0, 0.1) is 0 Å². The van der Waals surface area contributed by atoms with Crippen LogP contribution in [0.2, 0.25) is 5.02 Å². The number of benzene rings is 4.